The fraction of sp³-hybridized carbons (Fsp3) is 0.318. The highest BCUT2D eigenvalue weighted by Crippen LogP contribution is 2.23. The van der Waals surface area contributed by atoms with Gasteiger partial charge < -0.3 is 15.0 Å². The van der Waals surface area contributed by atoms with E-state index in [1.807, 2.05) is 43.0 Å². The third-order valence-corrected chi connectivity index (χ3v) is 4.07. The van der Waals surface area contributed by atoms with Crippen LogP contribution < -0.4 is 5.73 Å². The Morgan fingerprint density at radius 3 is 2.62 bits per heavy atom. The third-order valence-electron chi connectivity index (χ3n) is 4.07. The number of nitrogens with two attached hydrogens (primary N) is 1. The van der Waals surface area contributed by atoms with Crippen molar-refractivity contribution in [3.8, 4) is 0 Å². The van der Waals surface area contributed by atoms with Gasteiger partial charge in [0, 0.05) is 19.2 Å². The molecule has 4 nitrogen and oxygen atoms in total. The molecule has 0 bridgehead atoms. The first-order chi connectivity index (χ1) is 12.5. The Morgan fingerprint density at radius 2 is 2.08 bits per heavy atom. The number of aromatic nitrogens is 2. The Morgan fingerprint density at radius 1 is 1.31 bits per heavy atom. The van der Waals surface area contributed by atoms with E-state index in [9.17, 15) is 0 Å². The van der Waals surface area contributed by atoms with E-state index in [0.29, 0.717) is 17.6 Å². The summed E-state index contributed by atoms with van der Waals surface area (Å²) >= 11 is 0. The van der Waals surface area contributed by atoms with Crippen LogP contribution in [0.1, 0.15) is 31.4 Å². The second-order valence-electron chi connectivity index (χ2n) is 5.97. The lowest BCUT2D eigenvalue weighted by Crippen LogP contribution is -1.96. The number of imidazole rings is 1. The Bertz CT molecular complexity index is 673. The van der Waals surface area contributed by atoms with Crippen molar-refractivity contribution in [1.29, 1.82) is 0 Å². The normalized spacial score (nSPS) is 15.0. The lowest BCUT2D eigenvalue weighted by molar-refractivity contribution is 0.307. The van der Waals surface area contributed by atoms with Gasteiger partial charge in [0.2, 0.25) is 0 Å². The maximum atomic E-state index is 5.90. The predicted molar refractivity (Wildman–Crippen MR) is 112 cm³/mol. The SMILES string of the molecule is C=C/C(=C\C=C\C(C/C=C/C(C=C)C/C=C\C)c1cn(C)c(N)n1)OC. The van der Waals surface area contributed by atoms with E-state index in [1.165, 1.54) is 0 Å². The highest BCUT2D eigenvalue weighted by atomic mass is 16.5. The van der Waals surface area contributed by atoms with Crippen LogP contribution in [0.25, 0.3) is 0 Å². The Balaban J connectivity index is 2.93. The summed E-state index contributed by atoms with van der Waals surface area (Å²) in [5.74, 6) is 1.69. The molecular formula is C22H31N3O. The molecule has 0 saturated carbocycles. The van der Waals surface area contributed by atoms with Crippen LogP contribution in [0.3, 0.4) is 0 Å². The summed E-state index contributed by atoms with van der Waals surface area (Å²) in [5, 5.41) is 0. The second-order valence-corrected chi connectivity index (χ2v) is 5.97. The number of allylic oxidation sites excluding steroid dienone is 9. The standard InChI is InChI=1S/C22H31N3O/c1-6-9-12-18(7-2)13-10-14-19(15-11-16-20(8-3)26-5)21-17-25(4)22(23)24-21/h6-11,13,15-19H,2-3,12,14H2,1,4-5H3,(H2,23,24)/b9-6-,13-10+,15-11+,20-16+. The van der Waals surface area contributed by atoms with Crippen molar-refractivity contribution in [3.05, 3.63) is 85.5 Å². The zero-order valence-corrected chi connectivity index (χ0v) is 16.1. The first-order valence-electron chi connectivity index (χ1n) is 8.79. The molecule has 4 heteroatoms. The lowest BCUT2D eigenvalue weighted by atomic mass is 9.98. The molecule has 2 unspecified atom stereocenters. The van der Waals surface area contributed by atoms with E-state index < -0.39 is 0 Å². The van der Waals surface area contributed by atoms with E-state index in [1.54, 1.807) is 13.2 Å². The van der Waals surface area contributed by atoms with Crippen LogP contribution in [0.2, 0.25) is 0 Å². The van der Waals surface area contributed by atoms with Crippen molar-refractivity contribution in [1.82, 2.24) is 9.55 Å². The van der Waals surface area contributed by atoms with Crippen molar-refractivity contribution in [2.45, 2.75) is 25.7 Å². The van der Waals surface area contributed by atoms with Crippen LogP contribution >= 0.6 is 0 Å². The molecule has 1 heterocycles. The van der Waals surface area contributed by atoms with Crippen molar-refractivity contribution in [2.24, 2.45) is 13.0 Å². The van der Waals surface area contributed by atoms with Crippen LogP contribution in [0.5, 0.6) is 0 Å². The molecule has 0 spiro atoms. The largest absolute Gasteiger partial charge is 0.497 e. The number of nitrogens with zero attached hydrogens (tertiary/aromatic N) is 2. The molecule has 1 aromatic heterocycles. The Hall–Kier alpha value is -2.75. The minimum Gasteiger partial charge on any atom is -0.497 e. The fourth-order valence-corrected chi connectivity index (χ4v) is 2.43. The van der Waals surface area contributed by atoms with Gasteiger partial charge in [0.25, 0.3) is 0 Å². The lowest BCUT2D eigenvalue weighted by Gasteiger charge is -2.08. The highest BCUT2D eigenvalue weighted by molar-refractivity contribution is 5.28. The van der Waals surface area contributed by atoms with Gasteiger partial charge in [0.1, 0.15) is 5.76 Å². The molecule has 1 aromatic rings. The topological polar surface area (TPSA) is 53.1 Å². The fourth-order valence-electron chi connectivity index (χ4n) is 2.43. The van der Waals surface area contributed by atoms with Gasteiger partial charge in [-0.1, -0.05) is 49.1 Å². The summed E-state index contributed by atoms with van der Waals surface area (Å²) in [7, 11) is 3.52. The van der Waals surface area contributed by atoms with Crippen LogP contribution in [-0.4, -0.2) is 16.7 Å². The first kappa shape index (κ1) is 21.3. The molecule has 0 fully saturated rings. The zero-order chi connectivity index (χ0) is 19.4. The quantitative estimate of drug-likeness (QED) is 0.343. The van der Waals surface area contributed by atoms with Gasteiger partial charge in [-0.15, -0.1) is 6.58 Å². The van der Waals surface area contributed by atoms with Crippen molar-refractivity contribution in [2.75, 3.05) is 12.8 Å². The van der Waals surface area contributed by atoms with Crippen LogP contribution in [-0.2, 0) is 11.8 Å². The van der Waals surface area contributed by atoms with E-state index >= 15 is 0 Å². The van der Waals surface area contributed by atoms with Gasteiger partial charge in [0.15, 0.2) is 5.95 Å². The van der Waals surface area contributed by atoms with Gasteiger partial charge in [0.05, 0.1) is 12.8 Å². The van der Waals surface area contributed by atoms with Gasteiger partial charge in [-0.25, -0.2) is 4.98 Å². The number of anilines is 1. The minimum atomic E-state index is 0.126. The summed E-state index contributed by atoms with van der Waals surface area (Å²) in [6.07, 6.45) is 22.0. The van der Waals surface area contributed by atoms with E-state index in [4.69, 9.17) is 10.5 Å². The number of hydrogen-bond donors (Lipinski definition) is 1. The van der Waals surface area contributed by atoms with Crippen LogP contribution in [0, 0.1) is 5.92 Å². The Kier molecular flexibility index (Phi) is 9.62. The van der Waals surface area contributed by atoms with Crippen LogP contribution in [0.4, 0.5) is 5.95 Å². The average Bonchev–Trinajstić information content (AvgIpc) is 2.98. The number of aryl methyl sites for hydroxylation is 1. The molecule has 0 radical (unpaired) electrons. The maximum Gasteiger partial charge on any atom is 0.200 e. The number of ether oxygens (including phenoxy) is 1. The van der Waals surface area contributed by atoms with Crippen molar-refractivity contribution in [3.63, 3.8) is 0 Å². The zero-order valence-electron chi connectivity index (χ0n) is 16.1. The summed E-state index contributed by atoms with van der Waals surface area (Å²) in [6.45, 7) is 9.66. The molecular weight excluding hydrogens is 322 g/mol. The second kappa shape index (κ2) is 11.7. The third kappa shape index (κ3) is 7.01. The van der Waals surface area contributed by atoms with Crippen molar-refractivity contribution < 1.29 is 4.74 Å². The van der Waals surface area contributed by atoms with Gasteiger partial charge in [-0.2, -0.15) is 0 Å². The van der Waals surface area contributed by atoms with E-state index in [2.05, 4.69) is 48.5 Å². The van der Waals surface area contributed by atoms with Gasteiger partial charge in [-0.3, -0.25) is 0 Å². The summed E-state index contributed by atoms with van der Waals surface area (Å²) in [6, 6.07) is 0. The molecule has 1 rings (SSSR count). The molecule has 2 N–H and O–H groups in total. The molecule has 0 aliphatic rings. The number of rotatable bonds is 11. The van der Waals surface area contributed by atoms with Crippen LogP contribution in [0.15, 0.2) is 79.8 Å². The number of nitrogen functional groups attached to an aromatic ring is 1. The molecule has 2 atom stereocenters. The summed E-state index contributed by atoms with van der Waals surface area (Å²) in [4.78, 5) is 4.47. The van der Waals surface area contributed by atoms with E-state index in [-0.39, 0.29) is 5.92 Å². The number of methoxy groups -OCH3 is 1. The summed E-state index contributed by atoms with van der Waals surface area (Å²) < 4.78 is 7.03. The molecule has 0 aliphatic carbocycles. The van der Waals surface area contributed by atoms with Crippen molar-refractivity contribution >= 4 is 5.95 Å². The summed E-state index contributed by atoms with van der Waals surface area (Å²) in [5.41, 5.74) is 6.84. The van der Waals surface area contributed by atoms with E-state index in [0.717, 1.165) is 18.5 Å². The van der Waals surface area contributed by atoms with Gasteiger partial charge in [-0.05, 0) is 37.8 Å². The molecule has 0 amide bonds. The molecule has 26 heavy (non-hydrogen) atoms. The molecule has 0 aromatic carbocycles. The smallest absolute Gasteiger partial charge is 0.200 e. The molecule has 0 aliphatic heterocycles. The highest BCUT2D eigenvalue weighted by Gasteiger charge is 2.11. The average molecular weight is 354 g/mol. The molecule has 0 saturated heterocycles. The number of hydrogen-bond acceptors (Lipinski definition) is 3. The molecule has 140 valence electrons. The minimum absolute atomic E-state index is 0.126. The predicted octanol–water partition coefficient (Wildman–Crippen LogP) is 5.07. The first-order valence-corrected chi connectivity index (χ1v) is 8.79. The Labute approximate surface area is 157 Å². The monoisotopic (exact) mass is 353 g/mol. The van der Waals surface area contributed by atoms with Gasteiger partial charge >= 0.3 is 0 Å². The maximum absolute atomic E-state index is 5.90.